The molecule has 5 aromatic rings. The number of para-hydroxylation sites is 1. The van der Waals surface area contributed by atoms with Gasteiger partial charge in [0.15, 0.2) is 9.84 Å². The average molecular weight is 1030 g/mol. The summed E-state index contributed by atoms with van der Waals surface area (Å²) in [7, 11) is -1.50. The van der Waals surface area contributed by atoms with Gasteiger partial charge in [0.1, 0.15) is 17.2 Å². The zero-order valence-corrected chi connectivity index (χ0v) is 49.6. The Morgan fingerprint density at radius 2 is 0.973 bits per heavy atom. The Balaban J connectivity index is 0.000000247. The molecule has 0 spiro atoms. The molecule has 0 aliphatic heterocycles. The van der Waals surface area contributed by atoms with Crippen LogP contribution in [0.15, 0.2) is 144 Å². The van der Waals surface area contributed by atoms with E-state index in [2.05, 4.69) is 135 Å². The highest BCUT2D eigenvalue weighted by atomic mass is 32.2. The monoisotopic (exact) mass is 1030 g/mol. The second kappa shape index (κ2) is 30.0. The molecule has 9 heteroatoms. The van der Waals surface area contributed by atoms with Crippen molar-refractivity contribution in [3.63, 3.8) is 0 Å². The Kier molecular flexibility index (Phi) is 25.8. The van der Waals surface area contributed by atoms with Crippen LogP contribution in [0.1, 0.15) is 167 Å². The number of rotatable bonds is 11. The summed E-state index contributed by atoms with van der Waals surface area (Å²) < 4.78 is 33.8. The lowest BCUT2D eigenvalue weighted by Gasteiger charge is -2.34. The zero-order chi connectivity index (χ0) is 55.1. The van der Waals surface area contributed by atoms with Gasteiger partial charge in [-0.1, -0.05) is 92.1 Å². The summed E-state index contributed by atoms with van der Waals surface area (Å²) in [6.07, 6.45) is 14.0. The normalized spacial score (nSPS) is 16.4. The van der Waals surface area contributed by atoms with Crippen molar-refractivity contribution in [2.24, 2.45) is 11.8 Å². The second-order valence-corrected chi connectivity index (χ2v) is 28.0. The van der Waals surface area contributed by atoms with Crippen LogP contribution >= 0.6 is 0 Å². The lowest BCUT2D eigenvalue weighted by Crippen LogP contribution is -2.45. The largest absolute Gasteiger partial charge is 0.497 e. The summed E-state index contributed by atoms with van der Waals surface area (Å²) in [5.41, 5.74) is 4.41. The van der Waals surface area contributed by atoms with Gasteiger partial charge < -0.3 is 30.7 Å². The van der Waals surface area contributed by atoms with Crippen molar-refractivity contribution in [1.29, 1.82) is 0 Å². The van der Waals surface area contributed by atoms with Gasteiger partial charge in [0.05, 0.1) is 16.8 Å². The molecule has 0 heterocycles. The summed E-state index contributed by atoms with van der Waals surface area (Å²) in [5, 5.41) is 14.1. The van der Waals surface area contributed by atoms with Gasteiger partial charge in [-0.25, -0.2) is 8.42 Å². The Hall–Kier alpha value is -4.83. The summed E-state index contributed by atoms with van der Waals surface area (Å²) in [5.74, 6) is 4.43. The third kappa shape index (κ3) is 27.6. The van der Waals surface area contributed by atoms with E-state index < -0.39 is 14.6 Å². The molecule has 2 aliphatic rings. The molecule has 0 amide bonds. The fraction of sp³-hybridized carbons (Fsp3) is 0.538. The van der Waals surface area contributed by atoms with Gasteiger partial charge in [0.25, 0.3) is 0 Å². The maximum Gasteiger partial charge on any atom is 0.183 e. The number of sulfone groups is 1. The third-order valence-electron chi connectivity index (χ3n) is 12.3. The van der Waals surface area contributed by atoms with E-state index in [4.69, 9.17) is 9.47 Å². The van der Waals surface area contributed by atoms with E-state index in [1.165, 1.54) is 76.3 Å². The van der Waals surface area contributed by atoms with Crippen LogP contribution in [-0.2, 0) is 16.3 Å². The first-order chi connectivity index (χ1) is 34.5. The van der Waals surface area contributed by atoms with Crippen molar-refractivity contribution in [2.45, 2.75) is 206 Å². The number of ether oxygens (including phenoxy) is 2. The molecule has 0 radical (unpaired) electrons. The van der Waals surface area contributed by atoms with Crippen molar-refractivity contribution in [3.05, 3.63) is 145 Å². The van der Waals surface area contributed by atoms with Crippen molar-refractivity contribution in [3.8, 4) is 17.2 Å². The molecule has 0 bridgehead atoms. The first-order valence-electron chi connectivity index (χ1n) is 27.4. The number of hydrogen-bond acceptors (Lipinski definition) is 8. The van der Waals surface area contributed by atoms with Gasteiger partial charge in [-0.15, -0.1) is 0 Å². The van der Waals surface area contributed by atoms with Crippen LogP contribution in [0.3, 0.4) is 0 Å². The Labute approximate surface area is 451 Å². The Morgan fingerprint density at radius 1 is 0.473 bits per heavy atom. The molecule has 0 unspecified atom stereocenters. The van der Waals surface area contributed by atoms with Crippen LogP contribution in [-0.4, -0.2) is 55.0 Å². The van der Waals surface area contributed by atoms with E-state index in [-0.39, 0.29) is 16.6 Å². The number of nitrogens with one attached hydrogen (secondary N) is 4. The summed E-state index contributed by atoms with van der Waals surface area (Å²) in [6.45, 7) is 32.7. The van der Waals surface area contributed by atoms with E-state index in [1.807, 2.05) is 84.9 Å². The van der Waals surface area contributed by atoms with Crippen molar-refractivity contribution < 1.29 is 17.9 Å². The first-order valence-corrected chi connectivity index (χ1v) is 28.9. The van der Waals surface area contributed by atoms with E-state index in [0.717, 1.165) is 46.5 Å². The number of hydrogen-bond donors (Lipinski definition) is 4. The molecule has 8 nitrogen and oxygen atoms in total. The maximum absolute atomic E-state index is 11.9. The number of anilines is 2. The van der Waals surface area contributed by atoms with E-state index in [1.54, 1.807) is 52.1 Å². The van der Waals surface area contributed by atoms with Crippen LogP contribution < -0.4 is 30.7 Å². The molecule has 0 aromatic heterocycles. The zero-order valence-electron chi connectivity index (χ0n) is 48.8. The molecule has 7 rings (SSSR count). The van der Waals surface area contributed by atoms with Crippen LogP contribution in [0, 0.1) is 11.8 Å². The smallest absolute Gasteiger partial charge is 0.183 e. The van der Waals surface area contributed by atoms with Gasteiger partial charge in [0.2, 0.25) is 0 Å². The quantitative estimate of drug-likeness (QED) is 0.104. The highest BCUT2D eigenvalue weighted by Gasteiger charge is 2.30. The average Bonchev–Trinajstić information content (AvgIpc) is 3.32. The fourth-order valence-corrected chi connectivity index (χ4v) is 9.89. The van der Waals surface area contributed by atoms with Gasteiger partial charge in [0, 0.05) is 45.6 Å². The number of benzene rings is 5. The van der Waals surface area contributed by atoms with E-state index in [9.17, 15) is 8.42 Å². The molecular formula is C65H100N4O4S. The molecule has 4 N–H and O–H groups in total. The SMILES string of the molecule is CC(C)(C)NC1CCC(Cc2ccccc2)CC1.CC(C)(C)NCC1CCCCC1.CC(C)(C)Nc1cccc(Oc2ccccc2)c1.CC(C)(C)S(=O)(=O)c1ccccc1.COc1ccc(NC(C)(C)C)cc1. The third-order valence-corrected chi connectivity index (χ3v) is 14.8. The summed E-state index contributed by atoms with van der Waals surface area (Å²) in [6, 6.07) is 46.0. The minimum atomic E-state index is -3.18. The van der Waals surface area contributed by atoms with Crippen molar-refractivity contribution >= 4 is 21.2 Å². The highest BCUT2D eigenvalue weighted by molar-refractivity contribution is 7.92. The summed E-state index contributed by atoms with van der Waals surface area (Å²) in [4.78, 5) is 0.391. The van der Waals surface area contributed by atoms with Crippen molar-refractivity contribution in [2.75, 3.05) is 24.3 Å². The number of methoxy groups -OCH3 is 1. The molecular weight excluding hydrogens is 933 g/mol. The molecule has 0 atom stereocenters. The van der Waals surface area contributed by atoms with E-state index >= 15 is 0 Å². The Morgan fingerprint density at radius 3 is 1.46 bits per heavy atom. The van der Waals surface area contributed by atoms with Gasteiger partial charge >= 0.3 is 0 Å². The van der Waals surface area contributed by atoms with Crippen LogP contribution in [0.25, 0.3) is 0 Å². The standard InChI is InChI=1S/C17H27N.C16H19NO.C11H17NO.C11H23N.C10H14O2S/c1-17(2,3)18-16-11-9-15(10-12-16)13-14-7-5-4-6-8-14;1-16(2,3)17-13-8-7-11-15(12-13)18-14-9-5-4-6-10-14;1-11(2,3)12-9-5-7-10(13-4)8-6-9;1-11(2,3)12-9-10-7-5-4-6-8-10;1-10(2,3)13(11,12)9-7-5-4-6-8-9/h4-8,15-16,18H,9-13H2,1-3H3;4-12,17H,1-3H3;5-8,12H,1-4H3;10,12H,4-9H2,1-3H3;4-8H,1-3H3. The molecule has 2 aliphatic carbocycles. The molecule has 410 valence electrons. The van der Waals surface area contributed by atoms with Crippen LogP contribution in [0.5, 0.6) is 17.2 Å². The van der Waals surface area contributed by atoms with Gasteiger partial charge in [-0.05, 0) is 233 Å². The topological polar surface area (TPSA) is 101 Å². The van der Waals surface area contributed by atoms with Crippen LogP contribution in [0.4, 0.5) is 11.4 Å². The first kappa shape index (κ1) is 63.5. The minimum absolute atomic E-state index is 0.0470. The predicted molar refractivity (Wildman–Crippen MR) is 319 cm³/mol. The maximum atomic E-state index is 11.9. The van der Waals surface area contributed by atoms with Crippen LogP contribution in [0.2, 0.25) is 0 Å². The highest BCUT2D eigenvalue weighted by Crippen LogP contribution is 2.30. The Bertz CT molecular complexity index is 2360. The fourth-order valence-electron chi connectivity index (χ4n) is 8.67. The lowest BCUT2D eigenvalue weighted by atomic mass is 9.82. The van der Waals surface area contributed by atoms with Crippen molar-refractivity contribution in [1.82, 2.24) is 10.6 Å². The molecule has 2 saturated carbocycles. The minimum Gasteiger partial charge on any atom is -0.497 e. The molecule has 5 aromatic carbocycles. The lowest BCUT2D eigenvalue weighted by molar-refractivity contribution is 0.249. The van der Waals surface area contributed by atoms with E-state index in [0.29, 0.717) is 10.4 Å². The predicted octanol–water partition coefficient (Wildman–Crippen LogP) is 17.0. The molecule has 74 heavy (non-hydrogen) atoms. The summed E-state index contributed by atoms with van der Waals surface area (Å²) >= 11 is 0. The van der Waals surface area contributed by atoms with Gasteiger partial charge in [-0.2, -0.15) is 0 Å². The molecule has 0 saturated heterocycles. The molecule has 2 fully saturated rings. The second-order valence-electron chi connectivity index (χ2n) is 25.3. The van der Waals surface area contributed by atoms with Gasteiger partial charge in [-0.3, -0.25) is 0 Å².